The fourth-order valence-corrected chi connectivity index (χ4v) is 3.19. The average molecular weight is 360 g/mol. The van der Waals surface area contributed by atoms with Crippen molar-refractivity contribution in [1.29, 1.82) is 0 Å². The quantitative estimate of drug-likeness (QED) is 0.343. The number of hydrogen-bond acceptors (Lipinski definition) is 3. The third-order valence-corrected chi connectivity index (χ3v) is 5.38. The SMILES string of the molecule is C[Si](C)(C)CCOCOC(=O)c1cc2c(Cl)cc(Cl)cc2[nH]1. The number of carbonyl (C=O) groups is 1. The summed E-state index contributed by atoms with van der Waals surface area (Å²) in [4.78, 5) is 14.9. The highest BCUT2D eigenvalue weighted by molar-refractivity contribution is 6.76. The van der Waals surface area contributed by atoms with Crippen LogP contribution in [0.15, 0.2) is 18.2 Å². The topological polar surface area (TPSA) is 51.3 Å². The Morgan fingerprint density at radius 3 is 2.64 bits per heavy atom. The van der Waals surface area contributed by atoms with Gasteiger partial charge in [-0.1, -0.05) is 42.8 Å². The summed E-state index contributed by atoms with van der Waals surface area (Å²) in [6.07, 6.45) is 0. The zero-order valence-electron chi connectivity index (χ0n) is 12.8. The number of carbonyl (C=O) groups excluding carboxylic acids is 1. The number of rotatable bonds is 6. The zero-order valence-corrected chi connectivity index (χ0v) is 15.3. The standard InChI is InChI=1S/C15H19Cl2NO3Si/c1-22(2,3)5-4-20-9-21-15(19)14-8-11-12(17)6-10(16)7-13(11)18-14/h6-8,18H,4-5,9H2,1-3H3. The van der Waals surface area contributed by atoms with E-state index in [2.05, 4.69) is 24.6 Å². The molecular formula is C15H19Cl2NO3Si. The van der Waals surface area contributed by atoms with E-state index in [0.717, 1.165) is 11.4 Å². The van der Waals surface area contributed by atoms with Crippen molar-refractivity contribution in [2.24, 2.45) is 0 Å². The maximum absolute atomic E-state index is 12.0. The summed E-state index contributed by atoms with van der Waals surface area (Å²) in [5.74, 6) is -0.476. The summed E-state index contributed by atoms with van der Waals surface area (Å²) in [6, 6.07) is 6.03. The van der Waals surface area contributed by atoms with Gasteiger partial charge in [0.2, 0.25) is 0 Å². The molecule has 1 heterocycles. The minimum Gasteiger partial charge on any atom is -0.434 e. The Kier molecular flexibility index (Phi) is 5.55. The molecule has 0 aliphatic rings. The summed E-state index contributed by atoms with van der Waals surface area (Å²) in [5.41, 5.74) is 1.03. The maximum atomic E-state index is 12.0. The molecule has 0 atom stereocenters. The van der Waals surface area contributed by atoms with Crippen molar-refractivity contribution >= 4 is 48.1 Å². The number of fused-ring (bicyclic) bond motifs is 1. The minimum absolute atomic E-state index is 0.0484. The average Bonchev–Trinajstić information content (AvgIpc) is 2.81. The number of aromatic amines is 1. The van der Waals surface area contributed by atoms with Gasteiger partial charge in [0.1, 0.15) is 5.69 Å². The molecule has 2 rings (SSSR count). The maximum Gasteiger partial charge on any atom is 0.356 e. The molecule has 0 bridgehead atoms. The van der Waals surface area contributed by atoms with Crippen LogP contribution in [0.3, 0.4) is 0 Å². The monoisotopic (exact) mass is 359 g/mol. The van der Waals surface area contributed by atoms with Crippen molar-refractivity contribution in [3.05, 3.63) is 33.9 Å². The lowest BCUT2D eigenvalue weighted by molar-refractivity contribution is -0.0279. The van der Waals surface area contributed by atoms with Crippen molar-refractivity contribution in [1.82, 2.24) is 4.98 Å². The highest BCUT2D eigenvalue weighted by Gasteiger charge is 2.14. The fraction of sp³-hybridized carbons (Fsp3) is 0.400. The third-order valence-electron chi connectivity index (χ3n) is 3.14. The first-order chi connectivity index (χ1) is 10.3. The van der Waals surface area contributed by atoms with E-state index in [1.807, 2.05) is 0 Å². The third kappa shape index (κ3) is 4.74. The second kappa shape index (κ2) is 7.04. The highest BCUT2D eigenvalue weighted by atomic mass is 35.5. The van der Waals surface area contributed by atoms with Crippen molar-refractivity contribution in [3.63, 3.8) is 0 Å². The number of esters is 1. The highest BCUT2D eigenvalue weighted by Crippen LogP contribution is 2.28. The predicted octanol–water partition coefficient (Wildman–Crippen LogP) is 4.94. The molecule has 22 heavy (non-hydrogen) atoms. The Morgan fingerprint density at radius 1 is 1.23 bits per heavy atom. The van der Waals surface area contributed by atoms with Gasteiger partial charge in [-0.25, -0.2) is 4.79 Å². The molecule has 0 unspecified atom stereocenters. The molecule has 7 heteroatoms. The molecule has 120 valence electrons. The van der Waals surface area contributed by atoms with Crippen LogP contribution in [-0.2, 0) is 9.47 Å². The van der Waals surface area contributed by atoms with E-state index in [1.54, 1.807) is 18.2 Å². The molecule has 2 aromatic rings. The Hall–Kier alpha value is -1.01. The van der Waals surface area contributed by atoms with Crippen LogP contribution in [-0.4, -0.2) is 32.4 Å². The lowest BCUT2D eigenvalue weighted by Crippen LogP contribution is -2.22. The van der Waals surface area contributed by atoms with Gasteiger partial charge in [-0.3, -0.25) is 0 Å². The zero-order chi connectivity index (χ0) is 16.3. The van der Waals surface area contributed by atoms with Crippen molar-refractivity contribution in [2.45, 2.75) is 25.7 Å². The van der Waals surface area contributed by atoms with E-state index in [9.17, 15) is 4.79 Å². The molecule has 0 aliphatic heterocycles. The summed E-state index contributed by atoms with van der Waals surface area (Å²) >= 11 is 12.0. The number of hydrogen-bond donors (Lipinski definition) is 1. The lowest BCUT2D eigenvalue weighted by atomic mass is 10.2. The van der Waals surface area contributed by atoms with E-state index < -0.39 is 14.0 Å². The summed E-state index contributed by atoms with van der Waals surface area (Å²) < 4.78 is 10.4. The largest absolute Gasteiger partial charge is 0.434 e. The van der Waals surface area contributed by atoms with Crippen molar-refractivity contribution < 1.29 is 14.3 Å². The summed E-state index contributed by atoms with van der Waals surface area (Å²) in [5, 5.41) is 1.73. The van der Waals surface area contributed by atoms with Crippen molar-refractivity contribution in [3.8, 4) is 0 Å². The predicted molar refractivity (Wildman–Crippen MR) is 92.7 cm³/mol. The first-order valence-corrected chi connectivity index (χ1v) is 11.5. The van der Waals surface area contributed by atoms with Gasteiger partial charge in [0.25, 0.3) is 0 Å². The molecule has 1 aromatic heterocycles. The van der Waals surface area contributed by atoms with Gasteiger partial charge < -0.3 is 14.5 Å². The molecule has 1 N–H and O–H groups in total. The number of nitrogens with one attached hydrogen (secondary N) is 1. The molecule has 0 saturated heterocycles. The number of halogens is 2. The Bertz CT molecular complexity index is 679. The molecule has 0 amide bonds. The first kappa shape index (κ1) is 17.3. The molecule has 0 fully saturated rings. The summed E-state index contributed by atoms with van der Waals surface area (Å²) in [6.45, 7) is 7.36. The van der Waals surface area contributed by atoms with Gasteiger partial charge in [0, 0.05) is 30.6 Å². The fourth-order valence-electron chi connectivity index (χ4n) is 1.88. The van der Waals surface area contributed by atoms with Gasteiger partial charge in [0.15, 0.2) is 6.79 Å². The van der Waals surface area contributed by atoms with E-state index >= 15 is 0 Å². The number of H-pyrrole nitrogens is 1. The molecule has 4 nitrogen and oxygen atoms in total. The first-order valence-electron chi connectivity index (χ1n) is 6.99. The summed E-state index contributed by atoms with van der Waals surface area (Å²) in [7, 11) is -1.13. The van der Waals surface area contributed by atoms with E-state index in [4.69, 9.17) is 32.7 Å². The van der Waals surface area contributed by atoms with E-state index in [1.165, 1.54) is 0 Å². The second-order valence-corrected chi connectivity index (χ2v) is 12.8. The van der Waals surface area contributed by atoms with Gasteiger partial charge in [0.05, 0.1) is 5.02 Å². The number of aromatic nitrogens is 1. The van der Waals surface area contributed by atoms with Gasteiger partial charge in [-0.2, -0.15) is 0 Å². The van der Waals surface area contributed by atoms with Crippen molar-refractivity contribution in [2.75, 3.05) is 13.4 Å². The van der Waals surface area contributed by atoms with Crippen LogP contribution in [0.25, 0.3) is 10.9 Å². The smallest absolute Gasteiger partial charge is 0.356 e. The number of ether oxygens (including phenoxy) is 2. The van der Waals surface area contributed by atoms with Crippen LogP contribution in [0.5, 0.6) is 0 Å². The van der Waals surface area contributed by atoms with Crippen LogP contribution in [0.2, 0.25) is 35.7 Å². The Balaban J connectivity index is 1.92. The second-order valence-electron chi connectivity index (χ2n) is 6.30. The van der Waals surface area contributed by atoms with Crippen LogP contribution in [0.4, 0.5) is 0 Å². The molecule has 0 aliphatic carbocycles. The molecule has 1 aromatic carbocycles. The van der Waals surface area contributed by atoms with Gasteiger partial charge in [-0.05, 0) is 24.2 Å². The van der Waals surface area contributed by atoms with Gasteiger partial charge in [-0.15, -0.1) is 0 Å². The molecule has 0 spiro atoms. The van der Waals surface area contributed by atoms with Crippen LogP contribution >= 0.6 is 23.2 Å². The van der Waals surface area contributed by atoms with E-state index in [0.29, 0.717) is 27.9 Å². The van der Waals surface area contributed by atoms with Crippen LogP contribution in [0.1, 0.15) is 10.5 Å². The van der Waals surface area contributed by atoms with E-state index in [-0.39, 0.29) is 6.79 Å². The molecular weight excluding hydrogens is 341 g/mol. The van der Waals surface area contributed by atoms with Crippen LogP contribution < -0.4 is 0 Å². The lowest BCUT2D eigenvalue weighted by Gasteiger charge is -2.15. The number of benzene rings is 1. The van der Waals surface area contributed by atoms with Crippen LogP contribution in [0, 0.1) is 0 Å². The normalized spacial score (nSPS) is 11.9. The Labute approximate surface area is 140 Å². The van der Waals surface area contributed by atoms with Gasteiger partial charge >= 0.3 is 5.97 Å². The molecule has 0 saturated carbocycles. The molecule has 0 radical (unpaired) electrons. The Morgan fingerprint density at radius 2 is 1.95 bits per heavy atom. The minimum atomic E-state index is -1.13.